The van der Waals surface area contributed by atoms with E-state index in [0.717, 1.165) is 12.8 Å². The van der Waals surface area contributed by atoms with E-state index in [2.05, 4.69) is 15.1 Å². The lowest BCUT2D eigenvalue weighted by Crippen LogP contribution is -2.17. The van der Waals surface area contributed by atoms with Crippen LogP contribution in [0.15, 0.2) is 17.4 Å². The van der Waals surface area contributed by atoms with E-state index >= 15 is 0 Å². The summed E-state index contributed by atoms with van der Waals surface area (Å²) in [5.74, 6) is -0.707. The molecule has 17 heavy (non-hydrogen) atoms. The number of carbonyl (C=O) groups is 1. The van der Waals surface area contributed by atoms with Gasteiger partial charge in [0, 0.05) is 6.20 Å². The van der Waals surface area contributed by atoms with E-state index in [1.165, 1.54) is 12.3 Å². The molecule has 7 nitrogen and oxygen atoms in total. The van der Waals surface area contributed by atoms with Gasteiger partial charge >= 0.3 is 5.97 Å². The Morgan fingerprint density at radius 2 is 2.41 bits per heavy atom. The molecule has 7 heteroatoms. The normalized spacial score (nSPS) is 15.6. The Kier molecular flexibility index (Phi) is 3.17. The van der Waals surface area contributed by atoms with Crippen molar-refractivity contribution in [2.75, 3.05) is 12.3 Å². The average molecular weight is 236 g/mol. The summed E-state index contributed by atoms with van der Waals surface area (Å²) in [5, 5.41) is 12.6. The molecule has 1 saturated carbocycles. The SMILES string of the molecule is Nc1nccc(/C(=N/OCC2CC2)C(=O)O)n1. The van der Waals surface area contributed by atoms with E-state index in [4.69, 9.17) is 15.7 Å². The lowest BCUT2D eigenvalue weighted by Gasteiger charge is -2.02. The smallest absolute Gasteiger partial charge is 0.360 e. The van der Waals surface area contributed by atoms with E-state index in [-0.39, 0.29) is 17.4 Å². The molecule has 0 aliphatic heterocycles. The molecule has 0 bridgehead atoms. The summed E-state index contributed by atoms with van der Waals surface area (Å²) in [6.45, 7) is 0.442. The topological polar surface area (TPSA) is 111 Å². The summed E-state index contributed by atoms with van der Waals surface area (Å²) < 4.78 is 0. The fraction of sp³-hybridized carbons (Fsp3) is 0.400. The number of aromatic nitrogens is 2. The average Bonchev–Trinajstić information content (AvgIpc) is 3.07. The van der Waals surface area contributed by atoms with Crippen molar-refractivity contribution in [1.82, 2.24) is 9.97 Å². The Balaban J connectivity index is 2.12. The summed E-state index contributed by atoms with van der Waals surface area (Å²) in [5.41, 5.74) is 5.25. The molecule has 1 aliphatic carbocycles. The van der Waals surface area contributed by atoms with Crippen molar-refractivity contribution < 1.29 is 14.7 Å². The zero-order valence-electron chi connectivity index (χ0n) is 9.04. The van der Waals surface area contributed by atoms with Crippen LogP contribution in [0.4, 0.5) is 5.95 Å². The quantitative estimate of drug-likeness (QED) is 0.561. The molecule has 0 aromatic carbocycles. The number of hydrogen-bond donors (Lipinski definition) is 2. The number of aliphatic carboxylic acids is 1. The molecule has 1 aromatic rings. The van der Waals surface area contributed by atoms with Crippen molar-refractivity contribution in [3.05, 3.63) is 18.0 Å². The monoisotopic (exact) mass is 236 g/mol. The maximum Gasteiger partial charge on any atom is 0.360 e. The Labute approximate surface area is 97.3 Å². The van der Waals surface area contributed by atoms with Gasteiger partial charge in [-0.2, -0.15) is 0 Å². The van der Waals surface area contributed by atoms with Crippen LogP contribution in [0, 0.1) is 5.92 Å². The van der Waals surface area contributed by atoms with Gasteiger partial charge in [0.1, 0.15) is 12.3 Å². The van der Waals surface area contributed by atoms with Crippen molar-refractivity contribution in [3.8, 4) is 0 Å². The molecule has 3 N–H and O–H groups in total. The highest BCUT2D eigenvalue weighted by Crippen LogP contribution is 2.28. The molecule has 0 amide bonds. The number of anilines is 1. The zero-order chi connectivity index (χ0) is 12.3. The molecule has 0 saturated heterocycles. The van der Waals surface area contributed by atoms with Gasteiger partial charge in [0.25, 0.3) is 0 Å². The van der Waals surface area contributed by atoms with Gasteiger partial charge in [0.05, 0.1) is 0 Å². The second-order valence-electron chi connectivity index (χ2n) is 3.78. The standard InChI is InChI=1S/C10H12N4O3/c11-10-12-4-3-7(13-10)8(9(15)16)14-17-5-6-1-2-6/h3-4,6H,1-2,5H2,(H,15,16)(H2,11,12,13)/b14-8-. The third-order valence-electron chi connectivity index (χ3n) is 2.28. The fourth-order valence-corrected chi connectivity index (χ4v) is 1.19. The summed E-state index contributed by atoms with van der Waals surface area (Å²) >= 11 is 0. The molecule has 1 aromatic heterocycles. The summed E-state index contributed by atoms with van der Waals surface area (Å²) in [6, 6.07) is 1.42. The first kappa shape index (κ1) is 11.3. The molecule has 1 fully saturated rings. The van der Waals surface area contributed by atoms with E-state index in [1.54, 1.807) is 0 Å². The Bertz CT molecular complexity index is 457. The summed E-state index contributed by atoms with van der Waals surface area (Å²) in [6.07, 6.45) is 3.59. The number of rotatable bonds is 5. The van der Waals surface area contributed by atoms with Crippen LogP contribution < -0.4 is 5.73 Å². The molecule has 1 heterocycles. The number of nitrogens with zero attached hydrogens (tertiary/aromatic N) is 3. The van der Waals surface area contributed by atoms with Gasteiger partial charge in [-0.3, -0.25) is 0 Å². The molecule has 1 aliphatic rings. The van der Waals surface area contributed by atoms with Crippen molar-refractivity contribution in [2.24, 2.45) is 11.1 Å². The largest absolute Gasteiger partial charge is 0.476 e. The predicted octanol–water partition coefficient (Wildman–Crippen LogP) is 0.274. The number of hydrogen-bond acceptors (Lipinski definition) is 6. The second kappa shape index (κ2) is 4.77. The van der Waals surface area contributed by atoms with Crippen molar-refractivity contribution in [2.45, 2.75) is 12.8 Å². The van der Waals surface area contributed by atoms with Crippen LogP contribution >= 0.6 is 0 Å². The van der Waals surface area contributed by atoms with Crippen LogP contribution in [0.2, 0.25) is 0 Å². The first-order valence-corrected chi connectivity index (χ1v) is 5.19. The number of nitrogen functional groups attached to an aromatic ring is 1. The highest BCUT2D eigenvalue weighted by Gasteiger charge is 2.22. The highest BCUT2D eigenvalue weighted by molar-refractivity contribution is 6.41. The van der Waals surface area contributed by atoms with Crippen LogP contribution in [-0.2, 0) is 9.63 Å². The van der Waals surface area contributed by atoms with Gasteiger partial charge in [0.2, 0.25) is 11.7 Å². The maximum absolute atomic E-state index is 11.0. The second-order valence-corrected chi connectivity index (χ2v) is 3.78. The highest BCUT2D eigenvalue weighted by atomic mass is 16.6. The van der Waals surface area contributed by atoms with Crippen LogP contribution in [0.5, 0.6) is 0 Å². The Morgan fingerprint density at radius 1 is 1.65 bits per heavy atom. The predicted molar refractivity (Wildman–Crippen MR) is 59.3 cm³/mol. The van der Waals surface area contributed by atoms with Gasteiger partial charge in [-0.25, -0.2) is 14.8 Å². The first-order chi connectivity index (χ1) is 8.16. The summed E-state index contributed by atoms with van der Waals surface area (Å²) in [7, 11) is 0. The summed E-state index contributed by atoms with van der Waals surface area (Å²) in [4.78, 5) is 23.4. The van der Waals surface area contributed by atoms with Crippen molar-refractivity contribution in [1.29, 1.82) is 0 Å². The first-order valence-electron chi connectivity index (χ1n) is 5.19. The van der Waals surface area contributed by atoms with Crippen LogP contribution in [0.3, 0.4) is 0 Å². The minimum atomic E-state index is -1.21. The van der Waals surface area contributed by atoms with E-state index in [1.807, 2.05) is 0 Å². The molecule has 90 valence electrons. The third kappa shape index (κ3) is 3.13. The van der Waals surface area contributed by atoms with Crippen LogP contribution in [0.1, 0.15) is 18.5 Å². The van der Waals surface area contributed by atoms with Gasteiger partial charge in [-0.1, -0.05) is 5.16 Å². The lowest BCUT2D eigenvalue weighted by molar-refractivity contribution is -0.129. The Morgan fingerprint density at radius 3 is 3.00 bits per heavy atom. The van der Waals surface area contributed by atoms with Crippen LogP contribution in [0.25, 0.3) is 0 Å². The van der Waals surface area contributed by atoms with Crippen molar-refractivity contribution >= 4 is 17.6 Å². The van der Waals surface area contributed by atoms with Crippen molar-refractivity contribution in [3.63, 3.8) is 0 Å². The van der Waals surface area contributed by atoms with E-state index in [9.17, 15) is 4.79 Å². The third-order valence-corrected chi connectivity index (χ3v) is 2.28. The van der Waals surface area contributed by atoms with Gasteiger partial charge in [0.15, 0.2) is 0 Å². The molecule has 0 radical (unpaired) electrons. The molecular formula is C10H12N4O3. The van der Waals surface area contributed by atoms with Gasteiger partial charge < -0.3 is 15.7 Å². The maximum atomic E-state index is 11.0. The number of oxime groups is 1. The van der Waals surface area contributed by atoms with Crippen LogP contribution in [-0.4, -0.2) is 33.4 Å². The molecule has 0 spiro atoms. The van der Waals surface area contributed by atoms with Gasteiger partial charge in [-0.05, 0) is 24.8 Å². The lowest BCUT2D eigenvalue weighted by atomic mass is 10.2. The Hall–Kier alpha value is -2.18. The molecule has 0 atom stereocenters. The van der Waals surface area contributed by atoms with Gasteiger partial charge in [-0.15, -0.1) is 0 Å². The van der Waals surface area contributed by atoms with E-state index < -0.39 is 5.97 Å². The van der Waals surface area contributed by atoms with E-state index in [0.29, 0.717) is 12.5 Å². The minimum Gasteiger partial charge on any atom is -0.476 e. The molecule has 0 unspecified atom stereocenters. The number of carboxylic acid groups (broad SMARTS) is 1. The molecule has 2 rings (SSSR count). The number of carboxylic acids is 1. The zero-order valence-corrected chi connectivity index (χ0v) is 9.04. The number of nitrogens with two attached hydrogens (primary N) is 1. The molecular weight excluding hydrogens is 224 g/mol. The minimum absolute atomic E-state index is 0.00126. The fourth-order valence-electron chi connectivity index (χ4n) is 1.19.